The highest BCUT2D eigenvalue weighted by atomic mass is 16.2. The predicted molar refractivity (Wildman–Crippen MR) is 121 cm³/mol. The first-order valence-electron chi connectivity index (χ1n) is 10.5. The Morgan fingerprint density at radius 3 is 2.23 bits per heavy atom. The molecule has 0 aliphatic heterocycles. The van der Waals surface area contributed by atoms with Gasteiger partial charge in [0.15, 0.2) is 0 Å². The summed E-state index contributed by atoms with van der Waals surface area (Å²) in [4.78, 5) is 30.7. The third-order valence-corrected chi connectivity index (χ3v) is 5.72. The second-order valence-electron chi connectivity index (χ2n) is 7.98. The lowest BCUT2D eigenvalue weighted by molar-refractivity contribution is 0.0820. The van der Waals surface area contributed by atoms with Gasteiger partial charge in [-0.25, -0.2) is 4.98 Å². The van der Waals surface area contributed by atoms with Crippen LogP contribution in [0, 0.1) is 6.92 Å². The quantitative estimate of drug-likeness (QED) is 0.661. The Labute approximate surface area is 180 Å². The number of rotatable bonds is 9. The Morgan fingerprint density at radius 2 is 1.70 bits per heavy atom. The van der Waals surface area contributed by atoms with E-state index in [1.54, 1.807) is 33.2 Å². The van der Waals surface area contributed by atoms with E-state index < -0.39 is 0 Å². The lowest BCUT2D eigenvalue weighted by atomic mass is 9.90. The monoisotopic (exact) mass is 410 g/mol. The number of hydrogen-bond donors (Lipinski definition) is 2. The van der Waals surface area contributed by atoms with E-state index in [-0.39, 0.29) is 23.4 Å². The fourth-order valence-electron chi connectivity index (χ4n) is 3.53. The number of aryl methyl sites for hydroxylation is 1. The van der Waals surface area contributed by atoms with Gasteiger partial charge in [-0.1, -0.05) is 44.2 Å². The van der Waals surface area contributed by atoms with Gasteiger partial charge in [0.2, 0.25) is 0 Å². The number of carbonyl (C=O) groups excluding carboxylic acids is 2. The molecule has 0 fully saturated rings. The van der Waals surface area contributed by atoms with E-state index in [2.05, 4.69) is 48.5 Å². The highest BCUT2D eigenvalue weighted by Gasteiger charge is 2.29. The minimum absolute atomic E-state index is 0.169. The molecule has 1 unspecified atom stereocenters. The Hall–Kier alpha value is -2.73. The first-order valence-corrected chi connectivity index (χ1v) is 10.5. The maximum absolute atomic E-state index is 12.8. The van der Waals surface area contributed by atoms with E-state index >= 15 is 0 Å². The molecule has 0 spiro atoms. The van der Waals surface area contributed by atoms with Crippen molar-refractivity contribution in [3.63, 3.8) is 0 Å². The summed E-state index contributed by atoms with van der Waals surface area (Å²) < 4.78 is 0. The molecule has 1 heterocycles. The number of nitrogens with zero attached hydrogens (tertiary/aromatic N) is 2. The third kappa shape index (κ3) is 5.66. The zero-order valence-corrected chi connectivity index (χ0v) is 19.0. The summed E-state index contributed by atoms with van der Waals surface area (Å²) in [5, 5.41) is 6.80. The molecule has 6 heteroatoms. The maximum Gasteiger partial charge on any atom is 0.271 e. The summed E-state index contributed by atoms with van der Waals surface area (Å²) in [6.45, 7) is 8.67. The van der Waals surface area contributed by atoms with Crippen LogP contribution in [-0.4, -0.2) is 47.9 Å². The van der Waals surface area contributed by atoms with Gasteiger partial charge in [0, 0.05) is 32.2 Å². The van der Waals surface area contributed by atoms with E-state index in [9.17, 15) is 9.59 Å². The molecule has 0 aliphatic rings. The Morgan fingerprint density at radius 1 is 1.07 bits per heavy atom. The van der Waals surface area contributed by atoms with E-state index in [4.69, 9.17) is 0 Å². The van der Waals surface area contributed by atoms with Crippen molar-refractivity contribution in [3.8, 4) is 0 Å². The Bertz CT molecular complexity index is 861. The number of pyridine rings is 1. The van der Waals surface area contributed by atoms with E-state index in [0.717, 1.165) is 12.8 Å². The fraction of sp³-hybridized carbons (Fsp3) is 0.458. The maximum atomic E-state index is 12.8. The number of amides is 2. The SMILES string of the molecule is CCC(CC)(CNC(=O)c1ccc(C(=O)N(C)C)nc1C)NC(C)c1ccccc1. The van der Waals surface area contributed by atoms with Gasteiger partial charge in [-0.15, -0.1) is 0 Å². The van der Waals surface area contributed by atoms with Crippen LogP contribution in [0.3, 0.4) is 0 Å². The molecular weight excluding hydrogens is 376 g/mol. The molecule has 0 aliphatic carbocycles. The van der Waals surface area contributed by atoms with Gasteiger partial charge in [0.1, 0.15) is 5.69 Å². The van der Waals surface area contributed by atoms with Crippen LogP contribution in [0.1, 0.15) is 71.8 Å². The van der Waals surface area contributed by atoms with E-state index in [0.29, 0.717) is 23.5 Å². The summed E-state index contributed by atoms with van der Waals surface area (Å²) >= 11 is 0. The molecule has 0 radical (unpaired) electrons. The number of aromatic nitrogens is 1. The van der Waals surface area contributed by atoms with Crippen LogP contribution in [-0.2, 0) is 0 Å². The lowest BCUT2D eigenvalue weighted by Crippen LogP contribution is -2.53. The van der Waals surface area contributed by atoms with Gasteiger partial charge in [0.05, 0.1) is 11.3 Å². The zero-order chi connectivity index (χ0) is 22.3. The van der Waals surface area contributed by atoms with Gasteiger partial charge >= 0.3 is 0 Å². The molecule has 2 amide bonds. The van der Waals surface area contributed by atoms with Crippen molar-refractivity contribution < 1.29 is 9.59 Å². The fourth-order valence-corrected chi connectivity index (χ4v) is 3.53. The standard InChI is InChI=1S/C24H34N4O2/c1-7-24(8-2,27-17(3)19-12-10-9-11-13-19)16-25-22(29)20-14-15-21(26-18(20)4)23(30)28(5)6/h9-15,17,27H,7-8,16H2,1-6H3,(H,25,29). The summed E-state index contributed by atoms with van der Waals surface area (Å²) in [5.41, 5.74) is 2.37. The van der Waals surface area contributed by atoms with Gasteiger partial charge in [-0.3, -0.25) is 9.59 Å². The molecule has 162 valence electrons. The first kappa shape index (κ1) is 23.5. The molecule has 2 rings (SSSR count). The molecule has 1 aromatic carbocycles. The molecule has 0 saturated heterocycles. The summed E-state index contributed by atoms with van der Waals surface area (Å²) in [6, 6.07) is 13.8. The predicted octanol–water partition coefficient (Wildman–Crippen LogP) is 3.73. The molecule has 30 heavy (non-hydrogen) atoms. The van der Waals surface area contributed by atoms with Crippen LogP contribution in [0.15, 0.2) is 42.5 Å². The smallest absolute Gasteiger partial charge is 0.271 e. The zero-order valence-electron chi connectivity index (χ0n) is 19.0. The van der Waals surface area contributed by atoms with Crippen molar-refractivity contribution in [2.45, 2.75) is 52.1 Å². The summed E-state index contributed by atoms with van der Waals surface area (Å²) in [6.07, 6.45) is 1.77. The van der Waals surface area contributed by atoms with Crippen LogP contribution >= 0.6 is 0 Å². The minimum atomic E-state index is -0.215. The minimum Gasteiger partial charge on any atom is -0.350 e. The highest BCUT2D eigenvalue weighted by molar-refractivity contribution is 5.97. The van der Waals surface area contributed by atoms with Crippen LogP contribution in [0.2, 0.25) is 0 Å². The Kier molecular flexibility index (Phi) is 8.12. The van der Waals surface area contributed by atoms with Crippen molar-refractivity contribution in [2.75, 3.05) is 20.6 Å². The van der Waals surface area contributed by atoms with Crippen molar-refractivity contribution in [1.29, 1.82) is 0 Å². The molecule has 1 aromatic heterocycles. The third-order valence-electron chi connectivity index (χ3n) is 5.72. The van der Waals surface area contributed by atoms with E-state index in [1.807, 2.05) is 18.2 Å². The largest absolute Gasteiger partial charge is 0.350 e. The van der Waals surface area contributed by atoms with Crippen LogP contribution in [0.4, 0.5) is 0 Å². The molecule has 0 saturated carbocycles. The molecule has 0 bridgehead atoms. The second kappa shape index (κ2) is 10.3. The van der Waals surface area contributed by atoms with Gasteiger partial charge < -0.3 is 15.5 Å². The molecule has 2 N–H and O–H groups in total. The molecular formula is C24H34N4O2. The van der Waals surface area contributed by atoms with Crippen molar-refractivity contribution in [1.82, 2.24) is 20.5 Å². The first-order chi connectivity index (χ1) is 14.2. The normalized spacial score (nSPS) is 12.3. The lowest BCUT2D eigenvalue weighted by Gasteiger charge is -2.36. The van der Waals surface area contributed by atoms with Crippen LogP contribution in [0.25, 0.3) is 0 Å². The summed E-state index contributed by atoms with van der Waals surface area (Å²) in [7, 11) is 3.36. The number of benzene rings is 1. The van der Waals surface area contributed by atoms with Crippen molar-refractivity contribution in [3.05, 3.63) is 65.0 Å². The van der Waals surface area contributed by atoms with Crippen LogP contribution in [0.5, 0.6) is 0 Å². The molecule has 1 atom stereocenters. The van der Waals surface area contributed by atoms with Crippen molar-refractivity contribution in [2.24, 2.45) is 0 Å². The van der Waals surface area contributed by atoms with Gasteiger partial charge in [-0.05, 0) is 44.4 Å². The molecule has 2 aromatic rings. The van der Waals surface area contributed by atoms with Gasteiger partial charge in [0.25, 0.3) is 11.8 Å². The Balaban J connectivity index is 2.10. The van der Waals surface area contributed by atoms with Crippen molar-refractivity contribution >= 4 is 11.8 Å². The average molecular weight is 411 g/mol. The number of nitrogens with one attached hydrogen (secondary N) is 2. The molecule has 6 nitrogen and oxygen atoms in total. The topological polar surface area (TPSA) is 74.3 Å². The second-order valence-corrected chi connectivity index (χ2v) is 7.98. The van der Waals surface area contributed by atoms with Gasteiger partial charge in [-0.2, -0.15) is 0 Å². The number of carbonyl (C=O) groups is 2. The highest BCUT2D eigenvalue weighted by Crippen LogP contribution is 2.22. The average Bonchev–Trinajstić information content (AvgIpc) is 2.76. The summed E-state index contributed by atoms with van der Waals surface area (Å²) in [5.74, 6) is -0.357. The van der Waals surface area contributed by atoms with E-state index in [1.165, 1.54) is 10.5 Å². The number of hydrogen-bond acceptors (Lipinski definition) is 4. The van der Waals surface area contributed by atoms with Crippen LogP contribution < -0.4 is 10.6 Å².